The molecule has 3 aromatic heterocycles. The summed E-state index contributed by atoms with van der Waals surface area (Å²) in [6.07, 6.45) is 3.58. The molecule has 0 aromatic carbocycles. The summed E-state index contributed by atoms with van der Waals surface area (Å²) in [6, 6.07) is 0. The van der Waals surface area contributed by atoms with E-state index in [4.69, 9.17) is 9.51 Å². The third kappa shape index (κ3) is 2.32. The standard InChI is InChI=1S/C17H20N4OS/c1-9-13(10(2)22-20-9)8-21(4)16-15-12-6-5-7-14(12)23-17(15)19-11(3)18-16/h5-8H2,1-4H3. The second kappa shape index (κ2) is 5.30. The van der Waals surface area contributed by atoms with E-state index >= 15 is 0 Å². The van der Waals surface area contributed by atoms with Gasteiger partial charge in [0.05, 0.1) is 11.1 Å². The maximum absolute atomic E-state index is 5.29. The van der Waals surface area contributed by atoms with E-state index in [9.17, 15) is 0 Å². The summed E-state index contributed by atoms with van der Waals surface area (Å²) in [5.74, 6) is 2.75. The predicted octanol–water partition coefficient (Wildman–Crippen LogP) is 3.73. The molecule has 1 aliphatic carbocycles. The summed E-state index contributed by atoms with van der Waals surface area (Å²) in [7, 11) is 2.09. The molecule has 1 aliphatic rings. The van der Waals surface area contributed by atoms with Gasteiger partial charge in [-0.15, -0.1) is 11.3 Å². The minimum atomic E-state index is 0.747. The minimum absolute atomic E-state index is 0.747. The lowest BCUT2D eigenvalue weighted by Crippen LogP contribution is -2.19. The van der Waals surface area contributed by atoms with Gasteiger partial charge in [0.2, 0.25) is 0 Å². The summed E-state index contributed by atoms with van der Waals surface area (Å²) < 4.78 is 5.29. The summed E-state index contributed by atoms with van der Waals surface area (Å²) >= 11 is 1.84. The molecule has 5 nitrogen and oxygen atoms in total. The molecule has 0 radical (unpaired) electrons. The second-order valence-electron chi connectivity index (χ2n) is 6.29. The van der Waals surface area contributed by atoms with Crippen LogP contribution < -0.4 is 4.90 Å². The van der Waals surface area contributed by atoms with Gasteiger partial charge in [-0.05, 0) is 45.6 Å². The van der Waals surface area contributed by atoms with Crippen LogP contribution in [0.15, 0.2) is 4.52 Å². The van der Waals surface area contributed by atoms with E-state index < -0.39 is 0 Å². The number of fused-ring (bicyclic) bond motifs is 3. The molecule has 3 aromatic rings. The summed E-state index contributed by atoms with van der Waals surface area (Å²) in [5, 5.41) is 5.31. The fourth-order valence-electron chi connectivity index (χ4n) is 3.40. The van der Waals surface area contributed by atoms with Crippen LogP contribution in [-0.2, 0) is 19.4 Å². The van der Waals surface area contributed by atoms with Crippen LogP contribution in [0.1, 0.15) is 39.7 Å². The van der Waals surface area contributed by atoms with E-state index in [2.05, 4.69) is 22.1 Å². The van der Waals surface area contributed by atoms with Crippen LogP contribution in [-0.4, -0.2) is 22.2 Å². The van der Waals surface area contributed by atoms with Crippen molar-refractivity contribution in [3.63, 3.8) is 0 Å². The molecule has 120 valence electrons. The Bertz CT molecular complexity index is 876. The molecule has 0 aliphatic heterocycles. The maximum atomic E-state index is 5.29. The highest BCUT2D eigenvalue weighted by Gasteiger charge is 2.24. The van der Waals surface area contributed by atoms with Crippen LogP contribution in [0.25, 0.3) is 10.2 Å². The normalized spacial score (nSPS) is 13.7. The highest BCUT2D eigenvalue weighted by Crippen LogP contribution is 2.40. The zero-order valence-corrected chi connectivity index (χ0v) is 14.8. The molecular formula is C17H20N4OS. The Balaban J connectivity index is 1.81. The Morgan fingerprint density at radius 3 is 2.74 bits per heavy atom. The lowest BCUT2D eigenvalue weighted by molar-refractivity contribution is 0.392. The van der Waals surface area contributed by atoms with Crippen molar-refractivity contribution in [2.45, 2.75) is 46.6 Å². The molecule has 0 saturated carbocycles. The average molecular weight is 328 g/mol. The van der Waals surface area contributed by atoms with E-state index in [-0.39, 0.29) is 0 Å². The molecule has 3 heterocycles. The molecule has 0 amide bonds. The van der Waals surface area contributed by atoms with Crippen molar-refractivity contribution in [1.82, 2.24) is 15.1 Å². The predicted molar refractivity (Wildman–Crippen MR) is 92.3 cm³/mol. The van der Waals surface area contributed by atoms with Crippen molar-refractivity contribution in [1.29, 1.82) is 0 Å². The molecule has 0 N–H and O–H groups in total. The first-order valence-corrected chi connectivity index (χ1v) is 8.78. The number of hydrogen-bond acceptors (Lipinski definition) is 6. The van der Waals surface area contributed by atoms with Gasteiger partial charge in [-0.2, -0.15) is 0 Å². The van der Waals surface area contributed by atoms with Gasteiger partial charge in [0, 0.05) is 24.0 Å². The Labute approximate surface area is 139 Å². The van der Waals surface area contributed by atoms with Gasteiger partial charge >= 0.3 is 0 Å². The number of aromatic nitrogens is 3. The van der Waals surface area contributed by atoms with E-state index in [0.717, 1.165) is 46.5 Å². The fraction of sp³-hybridized carbons (Fsp3) is 0.471. The number of aryl methyl sites for hydroxylation is 5. The maximum Gasteiger partial charge on any atom is 0.141 e. The quantitative estimate of drug-likeness (QED) is 0.733. The Hall–Kier alpha value is -1.95. The van der Waals surface area contributed by atoms with Crippen LogP contribution >= 0.6 is 11.3 Å². The van der Waals surface area contributed by atoms with E-state index in [1.165, 1.54) is 28.7 Å². The van der Waals surface area contributed by atoms with Crippen LogP contribution in [0.2, 0.25) is 0 Å². The number of thiophene rings is 1. The molecule has 6 heteroatoms. The molecule has 0 spiro atoms. The van der Waals surface area contributed by atoms with Gasteiger partial charge in [-0.1, -0.05) is 5.16 Å². The van der Waals surface area contributed by atoms with Gasteiger partial charge in [0.1, 0.15) is 22.2 Å². The lowest BCUT2D eigenvalue weighted by atomic mass is 10.1. The monoisotopic (exact) mass is 328 g/mol. The first-order valence-electron chi connectivity index (χ1n) is 7.96. The Morgan fingerprint density at radius 2 is 2.00 bits per heavy atom. The number of rotatable bonds is 3. The topological polar surface area (TPSA) is 55.1 Å². The zero-order chi connectivity index (χ0) is 16.1. The van der Waals surface area contributed by atoms with Crippen molar-refractivity contribution >= 4 is 27.4 Å². The number of hydrogen-bond donors (Lipinski definition) is 0. The average Bonchev–Trinajstić information content (AvgIpc) is 3.16. The third-order valence-corrected chi connectivity index (χ3v) is 5.78. The highest BCUT2D eigenvalue weighted by atomic mass is 32.1. The van der Waals surface area contributed by atoms with Crippen LogP contribution in [0.5, 0.6) is 0 Å². The number of anilines is 1. The van der Waals surface area contributed by atoms with Crippen molar-refractivity contribution in [2.75, 3.05) is 11.9 Å². The summed E-state index contributed by atoms with van der Waals surface area (Å²) in [4.78, 5) is 14.2. The summed E-state index contributed by atoms with van der Waals surface area (Å²) in [5.41, 5.74) is 3.56. The van der Waals surface area contributed by atoms with Crippen molar-refractivity contribution in [3.8, 4) is 0 Å². The van der Waals surface area contributed by atoms with Crippen LogP contribution in [0.3, 0.4) is 0 Å². The first-order chi connectivity index (χ1) is 11.0. The van der Waals surface area contributed by atoms with E-state index in [1.807, 2.05) is 32.1 Å². The van der Waals surface area contributed by atoms with Crippen molar-refractivity contribution < 1.29 is 4.52 Å². The molecule has 23 heavy (non-hydrogen) atoms. The van der Waals surface area contributed by atoms with E-state index in [1.54, 1.807) is 0 Å². The zero-order valence-electron chi connectivity index (χ0n) is 13.9. The molecule has 0 fully saturated rings. The van der Waals surface area contributed by atoms with Gasteiger partial charge in [-0.3, -0.25) is 0 Å². The lowest BCUT2D eigenvalue weighted by Gasteiger charge is -2.20. The first kappa shape index (κ1) is 14.6. The Kier molecular flexibility index (Phi) is 3.37. The van der Waals surface area contributed by atoms with Crippen molar-refractivity contribution in [2.24, 2.45) is 0 Å². The van der Waals surface area contributed by atoms with Crippen molar-refractivity contribution in [3.05, 3.63) is 33.3 Å². The number of nitrogens with zero attached hydrogens (tertiary/aromatic N) is 4. The molecular weight excluding hydrogens is 308 g/mol. The van der Waals surface area contributed by atoms with Crippen LogP contribution in [0.4, 0.5) is 5.82 Å². The highest BCUT2D eigenvalue weighted by molar-refractivity contribution is 7.19. The molecule has 0 saturated heterocycles. The SMILES string of the molecule is Cc1nc(N(C)Cc2c(C)noc2C)c2c3c(sc2n1)CCC3. The fourth-order valence-corrected chi connectivity index (χ4v) is 4.70. The van der Waals surface area contributed by atoms with Gasteiger partial charge in [0.15, 0.2) is 0 Å². The molecule has 4 rings (SSSR count). The molecule has 0 unspecified atom stereocenters. The van der Waals surface area contributed by atoms with Gasteiger partial charge in [-0.25, -0.2) is 9.97 Å². The molecule has 0 bridgehead atoms. The van der Waals surface area contributed by atoms with Crippen LogP contribution in [0, 0.1) is 20.8 Å². The second-order valence-corrected chi connectivity index (χ2v) is 7.37. The minimum Gasteiger partial charge on any atom is -0.361 e. The largest absolute Gasteiger partial charge is 0.361 e. The van der Waals surface area contributed by atoms with Gasteiger partial charge in [0.25, 0.3) is 0 Å². The smallest absolute Gasteiger partial charge is 0.141 e. The summed E-state index contributed by atoms with van der Waals surface area (Å²) in [6.45, 7) is 6.67. The Morgan fingerprint density at radius 1 is 1.17 bits per heavy atom. The van der Waals surface area contributed by atoms with Gasteiger partial charge < -0.3 is 9.42 Å². The van der Waals surface area contributed by atoms with E-state index in [0.29, 0.717) is 0 Å². The molecule has 0 atom stereocenters. The third-order valence-electron chi connectivity index (χ3n) is 4.60.